The van der Waals surface area contributed by atoms with Crippen molar-refractivity contribution in [2.24, 2.45) is 0 Å². The van der Waals surface area contributed by atoms with Crippen molar-refractivity contribution in [1.82, 2.24) is 4.98 Å². The number of pyridine rings is 1. The van der Waals surface area contributed by atoms with Crippen LogP contribution in [0, 0.1) is 0 Å². The maximum absolute atomic E-state index is 10.2. The molecule has 0 bridgehead atoms. The van der Waals surface area contributed by atoms with E-state index in [9.17, 15) is 5.11 Å². The highest BCUT2D eigenvalue weighted by Crippen LogP contribution is 2.30. The molecule has 2 aromatic rings. The molecule has 0 aliphatic carbocycles. The number of hydrogen-bond acceptors (Lipinski definition) is 2. The minimum Gasteiger partial charge on any atom is -0.384 e. The quantitative estimate of drug-likeness (QED) is 0.835. The number of aromatic nitrogens is 1. The van der Waals surface area contributed by atoms with Gasteiger partial charge in [0, 0.05) is 11.8 Å². The van der Waals surface area contributed by atoms with Crippen LogP contribution < -0.4 is 0 Å². The molecule has 0 spiro atoms. The largest absolute Gasteiger partial charge is 0.384 e. The van der Waals surface area contributed by atoms with Gasteiger partial charge in [0.05, 0.1) is 10.0 Å². The first-order valence-corrected chi connectivity index (χ1v) is 6.38. The smallest absolute Gasteiger partial charge is 0.112 e. The van der Waals surface area contributed by atoms with Crippen molar-refractivity contribution < 1.29 is 5.11 Å². The first-order valence-electron chi connectivity index (χ1n) is 4.83. The molecule has 1 N–H and O–H groups in total. The molecule has 2 rings (SSSR count). The Bertz CT molecular complexity index is 548. The van der Waals surface area contributed by atoms with Crippen LogP contribution in [0.1, 0.15) is 17.2 Å². The molecule has 0 aliphatic heterocycles. The summed E-state index contributed by atoms with van der Waals surface area (Å²) in [4.78, 5) is 4.06. The van der Waals surface area contributed by atoms with Gasteiger partial charge in [-0.3, -0.25) is 0 Å². The van der Waals surface area contributed by atoms with E-state index in [4.69, 9.17) is 23.2 Å². The molecule has 88 valence electrons. The third kappa shape index (κ3) is 2.80. The minimum atomic E-state index is -0.784. The standard InChI is InChI=1S/C12H8BrCl2NO/c13-12-8(2-1-5-16-12)11(17)7-3-4-9(14)10(15)6-7/h1-6,11,17H. The highest BCUT2D eigenvalue weighted by molar-refractivity contribution is 9.10. The average molecular weight is 333 g/mol. The van der Waals surface area contributed by atoms with Crippen LogP contribution >= 0.6 is 39.1 Å². The van der Waals surface area contributed by atoms with Gasteiger partial charge in [-0.05, 0) is 39.7 Å². The molecular weight excluding hydrogens is 325 g/mol. The summed E-state index contributed by atoms with van der Waals surface area (Å²) >= 11 is 15.0. The van der Waals surface area contributed by atoms with Gasteiger partial charge >= 0.3 is 0 Å². The van der Waals surface area contributed by atoms with Crippen molar-refractivity contribution in [1.29, 1.82) is 0 Å². The van der Waals surface area contributed by atoms with Crippen molar-refractivity contribution in [2.45, 2.75) is 6.10 Å². The molecule has 1 heterocycles. The Kier molecular flexibility index (Phi) is 4.05. The van der Waals surface area contributed by atoms with Crippen molar-refractivity contribution in [3.8, 4) is 0 Å². The van der Waals surface area contributed by atoms with Crippen LogP contribution in [0.25, 0.3) is 0 Å². The summed E-state index contributed by atoms with van der Waals surface area (Å²) in [5, 5.41) is 11.1. The molecule has 0 amide bonds. The van der Waals surface area contributed by atoms with Crippen LogP contribution in [0.5, 0.6) is 0 Å². The molecule has 1 atom stereocenters. The van der Waals surface area contributed by atoms with Gasteiger partial charge in [0.25, 0.3) is 0 Å². The first-order chi connectivity index (χ1) is 8.09. The van der Waals surface area contributed by atoms with E-state index in [1.54, 1.807) is 36.5 Å². The topological polar surface area (TPSA) is 33.1 Å². The lowest BCUT2D eigenvalue weighted by Crippen LogP contribution is -2.01. The molecule has 1 aromatic carbocycles. The first kappa shape index (κ1) is 12.8. The fourth-order valence-corrected chi connectivity index (χ4v) is 2.24. The van der Waals surface area contributed by atoms with Gasteiger partial charge in [-0.2, -0.15) is 0 Å². The molecule has 0 saturated heterocycles. The van der Waals surface area contributed by atoms with Crippen LogP contribution in [-0.2, 0) is 0 Å². The predicted molar refractivity (Wildman–Crippen MR) is 72.5 cm³/mol. The second-order valence-corrected chi connectivity index (χ2v) is 5.03. The lowest BCUT2D eigenvalue weighted by atomic mass is 10.0. The number of halogens is 3. The molecule has 2 nitrogen and oxygen atoms in total. The van der Waals surface area contributed by atoms with E-state index in [2.05, 4.69) is 20.9 Å². The highest BCUT2D eigenvalue weighted by atomic mass is 79.9. The molecule has 0 aliphatic rings. The van der Waals surface area contributed by atoms with Gasteiger partial charge < -0.3 is 5.11 Å². The van der Waals surface area contributed by atoms with Crippen molar-refractivity contribution >= 4 is 39.1 Å². The van der Waals surface area contributed by atoms with E-state index in [1.165, 1.54) is 0 Å². The zero-order chi connectivity index (χ0) is 12.4. The third-order valence-corrected chi connectivity index (χ3v) is 3.74. The van der Waals surface area contributed by atoms with Crippen LogP contribution in [-0.4, -0.2) is 10.1 Å². The van der Waals surface area contributed by atoms with E-state index >= 15 is 0 Å². The van der Waals surface area contributed by atoms with Crippen molar-refractivity contribution in [3.63, 3.8) is 0 Å². The fourth-order valence-electron chi connectivity index (χ4n) is 1.46. The van der Waals surface area contributed by atoms with E-state index in [0.29, 0.717) is 25.8 Å². The Morgan fingerprint density at radius 3 is 2.59 bits per heavy atom. The van der Waals surface area contributed by atoms with Crippen LogP contribution in [0.15, 0.2) is 41.1 Å². The van der Waals surface area contributed by atoms with Crippen molar-refractivity contribution in [3.05, 3.63) is 62.3 Å². The zero-order valence-electron chi connectivity index (χ0n) is 8.57. The second-order valence-electron chi connectivity index (χ2n) is 3.46. The Morgan fingerprint density at radius 2 is 1.94 bits per heavy atom. The lowest BCUT2D eigenvalue weighted by Gasteiger charge is -2.13. The van der Waals surface area contributed by atoms with Crippen molar-refractivity contribution in [2.75, 3.05) is 0 Å². The van der Waals surface area contributed by atoms with Gasteiger partial charge in [0.2, 0.25) is 0 Å². The monoisotopic (exact) mass is 331 g/mol. The molecule has 1 aromatic heterocycles. The molecule has 1 unspecified atom stereocenters. The number of aliphatic hydroxyl groups is 1. The summed E-state index contributed by atoms with van der Waals surface area (Å²) in [5.74, 6) is 0. The molecule has 5 heteroatoms. The molecule has 0 saturated carbocycles. The predicted octanol–water partition coefficient (Wildman–Crippen LogP) is 4.23. The zero-order valence-corrected chi connectivity index (χ0v) is 11.7. The van der Waals surface area contributed by atoms with E-state index in [-0.39, 0.29) is 0 Å². The molecule has 0 fully saturated rings. The summed E-state index contributed by atoms with van der Waals surface area (Å²) in [6.45, 7) is 0. The van der Waals surface area contributed by atoms with E-state index < -0.39 is 6.10 Å². The summed E-state index contributed by atoms with van der Waals surface area (Å²) in [7, 11) is 0. The Labute approximate surface area is 117 Å². The number of hydrogen-bond donors (Lipinski definition) is 1. The van der Waals surface area contributed by atoms with Crippen LogP contribution in [0.3, 0.4) is 0 Å². The van der Waals surface area contributed by atoms with Gasteiger partial charge in [0.1, 0.15) is 10.7 Å². The normalized spacial score (nSPS) is 12.5. The maximum Gasteiger partial charge on any atom is 0.112 e. The second kappa shape index (κ2) is 5.36. The molecular formula is C12H8BrCl2NO. The van der Waals surface area contributed by atoms with Crippen LogP contribution in [0.2, 0.25) is 10.0 Å². The van der Waals surface area contributed by atoms with Crippen LogP contribution in [0.4, 0.5) is 0 Å². The third-order valence-electron chi connectivity index (χ3n) is 2.34. The SMILES string of the molecule is OC(c1ccc(Cl)c(Cl)c1)c1cccnc1Br. The van der Waals surface area contributed by atoms with E-state index in [1.807, 2.05) is 0 Å². The Morgan fingerprint density at radius 1 is 1.18 bits per heavy atom. The number of rotatable bonds is 2. The molecule has 17 heavy (non-hydrogen) atoms. The van der Waals surface area contributed by atoms with E-state index in [0.717, 1.165) is 0 Å². The number of benzene rings is 1. The van der Waals surface area contributed by atoms with Gasteiger partial charge in [-0.15, -0.1) is 0 Å². The maximum atomic E-state index is 10.2. The minimum absolute atomic E-state index is 0.420. The number of nitrogens with zero attached hydrogens (tertiary/aromatic N) is 1. The lowest BCUT2D eigenvalue weighted by molar-refractivity contribution is 0.219. The highest BCUT2D eigenvalue weighted by Gasteiger charge is 2.15. The summed E-state index contributed by atoms with van der Waals surface area (Å²) in [6.07, 6.45) is 0.864. The number of aliphatic hydroxyl groups excluding tert-OH is 1. The summed E-state index contributed by atoms with van der Waals surface area (Å²) in [5.41, 5.74) is 1.36. The summed E-state index contributed by atoms with van der Waals surface area (Å²) in [6, 6.07) is 8.60. The summed E-state index contributed by atoms with van der Waals surface area (Å²) < 4.78 is 0.610. The van der Waals surface area contributed by atoms with Gasteiger partial charge in [0.15, 0.2) is 0 Å². The van der Waals surface area contributed by atoms with Gasteiger partial charge in [-0.1, -0.05) is 35.3 Å². The Balaban J connectivity index is 2.40. The fraction of sp³-hybridized carbons (Fsp3) is 0.0833. The Hall–Kier alpha value is -0.610. The van der Waals surface area contributed by atoms with Gasteiger partial charge in [-0.25, -0.2) is 4.98 Å². The molecule has 0 radical (unpaired) electrons. The average Bonchev–Trinajstić information content (AvgIpc) is 2.32.